The number of aliphatic carboxylic acids is 1. The molecule has 1 aliphatic rings. The fraction of sp³-hybridized carbons (Fsp3) is 0.875. The summed E-state index contributed by atoms with van der Waals surface area (Å²) in [7, 11) is 0. The third-order valence-corrected chi connectivity index (χ3v) is 2.30. The second-order valence-electron chi connectivity index (χ2n) is 3.16. The highest BCUT2D eigenvalue weighted by Gasteiger charge is 2.26. The average molecular weight is 174 g/mol. The number of ether oxygens (including phenoxy) is 1. The van der Waals surface area contributed by atoms with Gasteiger partial charge in [-0.15, -0.1) is 0 Å². The van der Waals surface area contributed by atoms with Crippen LogP contribution in [0.1, 0.15) is 12.8 Å². The zero-order valence-corrected chi connectivity index (χ0v) is 6.90. The molecule has 2 atom stereocenters. The van der Waals surface area contributed by atoms with Gasteiger partial charge in [0.2, 0.25) is 0 Å². The van der Waals surface area contributed by atoms with Gasteiger partial charge in [0.25, 0.3) is 0 Å². The molecule has 2 N–H and O–H groups in total. The Bertz CT molecular complexity index is 151. The Morgan fingerprint density at radius 2 is 2.42 bits per heavy atom. The van der Waals surface area contributed by atoms with Crippen molar-refractivity contribution in [1.29, 1.82) is 0 Å². The van der Waals surface area contributed by atoms with E-state index in [1.54, 1.807) is 0 Å². The minimum atomic E-state index is -0.846. The maximum Gasteiger partial charge on any atom is 0.303 e. The third-order valence-electron chi connectivity index (χ3n) is 2.30. The van der Waals surface area contributed by atoms with Crippen LogP contribution >= 0.6 is 0 Å². The molecule has 0 aliphatic carbocycles. The molecule has 0 spiro atoms. The number of hydrogen-bond donors (Lipinski definition) is 2. The van der Waals surface area contributed by atoms with Gasteiger partial charge in [0.15, 0.2) is 0 Å². The summed E-state index contributed by atoms with van der Waals surface area (Å²) in [5.41, 5.74) is 0. The lowest BCUT2D eigenvalue weighted by molar-refractivity contribution is -0.139. The third kappa shape index (κ3) is 2.46. The predicted octanol–water partition coefficient (Wildman–Crippen LogP) is 0.106. The maximum absolute atomic E-state index is 10.4. The van der Waals surface area contributed by atoms with Crippen molar-refractivity contribution in [3.63, 3.8) is 0 Å². The highest BCUT2D eigenvalue weighted by atomic mass is 16.5. The van der Waals surface area contributed by atoms with Crippen molar-refractivity contribution in [2.24, 2.45) is 11.8 Å². The van der Waals surface area contributed by atoms with Crippen LogP contribution in [0.4, 0.5) is 0 Å². The summed E-state index contributed by atoms with van der Waals surface area (Å²) in [6.45, 7) is 1.24. The molecule has 70 valence electrons. The smallest absolute Gasteiger partial charge is 0.303 e. The molecular weight excluding hydrogens is 160 g/mol. The van der Waals surface area contributed by atoms with Gasteiger partial charge < -0.3 is 14.9 Å². The van der Waals surface area contributed by atoms with Crippen LogP contribution in [0.25, 0.3) is 0 Å². The van der Waals surface area contributed by atoms with E-state index in [2.05, 4.69) is 0 Å². The first-order valence-corrected chi connectivity index (χ1v) is 4.14. The zero-order chi connectivity index (χ0) is 8.97. The SMILES string of the molecule is O=C(O)CC(CO)C1CCOC1. The van der Waals surface area contributed by atoms with Crippen LogP contribution in [-0.4, -0.2) is 36.0 Å². The maximum atomic E-state index is 10.4. The Labute approximate surface area is 71.2 Å². The van der Waals surface area contributed by atoms with Crippen LogP contribution in [0.2, 0.25) is 0 Å². The van der Waals surface area contributed by atoms with Gasteiger partial charge in [0.1, 0.15) is 0 Å². The van der Waals surface area contributed by atoms with Gasteiger partial charge in [-0.3, -0.25) is 4.79 Å². The largest absolute Gasteiger partial charge is 0.481 e. The molecule has 0 aromatic rings. The molecule has 1 heterocycles. The average Bonchev–Trinajstić information content (AvgIpc) is 2.51. The molecule has 0 aromatic carbocycles. The molecule has 1 fully saturated rings. The fourth-order valence-electron chi connectivity index (χ4n) is 1.53. The Balaban J connectivity index is 2.37. The van der Waals surface area contributed by atoms with E-state index in [1.165, 1.54) is 0 Å². The summed E-state index contributed by atoms with van der Waals surface area (Å²) >= 11 is 0. The van der Waals surface area contributed by atoms with Crippen molar-refractivity contribution < 1.29 is 19.7 Å². The van der Waals surface area contributed by atoms with E-state index in [4.69, 9.17) is 14.9 Å². The first kappa shape index (κ1) is 9.48. The number of carboxylic acid groups (broad SMARTS) is 1. The second-order valence-corrected chi connectivity index (χ2v) is 3.16. The van der Waals surface area contributed by atoms with Gasteiger partial charge in [-0.2, -0.15) is 0 Å². The van der Waals surface area contributed by atoms with Crippen molar-refractivity contribution in [1.82, 2.24) is 0 Å². The van der Waals surface area contributed by atoms with Crippen molar-refractivity contribution in [3.8, 4) is 0 Å². The molecule has 1 rings (SSSR count). The summed E-state index contributed by atoms with van der Waals surface area (Å²) < 4.78 is 5.12. The Hall–Kier alpha value is -0.610. The normalized spacial score (nSPS) is 25.6. The number of hydrogen-bond acceptors (Lipinski definition) is 3. The fourth-order valence-corrected chi connectivity index (χ4v) is 1.53. The van der Waals surface area contributed by atoms with Crippen molar-refractivity contribution in [2.45, 2.75) is 12.8 Å². The molecule has 0 amide bonds. The highest BCUT2D eigenvalue weighted by molar-refractivity contribution is 5.67. The minimum Gasteiger partial charge on any atom is -0.481 e. The molecule has 0 radical (unpaired) electrons. The number of rotatable bonds is 4. The lowest BCUT2D eigenvalue weighted by Gasteiger charge is -2.17. The standard InChI is InChI=1S/C8H14O4/c9-4-7(3-8(10)11)6-1-2-12-5-6/h6-7,9H,1-5H2,(H,10,11). The van der Waals surface area contributed by atoms with Gasteiger partial charge in [-0.1, -0.05) is 0 Å². The van der Waals surface area contributed by atoms with E-state index in [9.17, 15) is 4.79 Å². The Kier molecular flexibility index (Phi) is 3.49. The quantitative estimate of drug-likeness (QED) is 0.634. The minimum absolute atomic E-state index is 0.0462. The lowest BCUT2D eigenvalue weighted by atomic mass is 9.90. The van der Waals surface area contributed by atoms with Gasteiger partial charge in [-0.25, -0.2) is 0 Å². The number of carboxylic acids is 1. The van der Waals surface area contributed by atoms with E-state index in [1.807, 2.05) is 0 Å². The summed E-state index contributed by atoms with van der Waals surface area (Å²) in [6.07, 6.45) is 0.920. The zero-order valence-electron chi connectivity index (χ0n) is 6.90. The number of aliphatic hydroxyl groups excluding tert-OH is 1. The first-order chi connectivity index (χ1) is 5.74. The highest BCUT2D eigenvalue weighted by Crippen LogP contribution is 2.24. The van der Waals surface area contributed by atoms with E-state index >= 15 is 0 Å². The Morgan fingerprint density at radius 1 is 1.67 bits per heavy atom. The predicted molar refractivity (Wildman–Crippen MR) is 41.8 cm³/mol. The van der Waals surface area contributed by atoms with Gasteiger partial charge in [-0.05, 0) is 18.3 Å². The molecule has 1 saturated heterocycles. The van der Waals surface area contributed by atoms with Crippen LogP contribution in [0.5, 0.6) is 0 Å². The molecule has 2 unspecified atom stereocenters. The van der Waals surface area contributed by atoms with E-state index in [0.29, 0.717) is 13.2 Å². The van der Waals surface area contributed by atoms with Crippen molar-refractivity contribution in [2.75, 3.05) is 19.8 Å². The number of aliphatic hydroxyl groups is 1. The second kappa shape index (κ2) is 4.42. The topological polar surface area (TPSA) is 66.8 Å². The summed E-state index contributed by atoms with van der Waals surface area (Å²) in [4.78, 5) is 10.4. The van der Waals surface area contributed by atoms with E-state index < -0.39 is 5.97 Å². The van der Waals surface area contributed by atoms with Crippen LogP contribution in [0.3, 0.4) is 0 Å². The van der Waals surface area contributed by atoms with Crippen molar-refractivity contribution in [3.05, 3.63) is 0 Å². The summed E-state index contributed by atoms with van der Waals surface area (Å²) in [5.74, 6) is -0.753. The molecule has 0 saturated carbocycles. The molecule has 0 aromatic heterocycles. The number of carbonyl (C=O) groups is 1. The van der Waals surface area contributed by atoms with Gasteiger partial charge in [0.05, 0.1) is 6.42 Å². The molecule has 1 aliphatic heterocycles. The monoisotopic (exact) mass is 174 g/mol. The van der Waals surface area contributed by atoms with Crippen LogP contribution in [-0.2, 0) is 9.53 Å². The van der Waals surface area contributed by atoms with Crippen molar-refractivity contribution >= 4 is 5.97 Å². The van der Waals surface area contributed by atoms with Crippen LogP contribution < -0.4 is 0 Å². The first-order valence-electron chi connectivity index (χ1n) is 4.14. The van der Waals surface area contributed by atoms with Gasteiger partial charge >= 0.3 is 5.97 Å². The summed E-state index contributed by atoms with van der Waals surface area (Å²) in [5, 5.41) is 17.4. The lowest BCUT2D eigenvalue weighted by Crippen LogP contribution is -2.21. The molecule has 12 heavy (non-hydrogen) atoms. The molecular formula is C8H14O4. The van der Waals surface area contributed by atoms with Crippen LogP contribution in [0, 0.1) is 11.8 Å². The van der Waals surface area contributed by atoms with E-state index in [0.717, 1.165) is 6.42 Å². The summed E-state index contributed by atoms with van der Waals surface area (Å²) in [6, 6.07) is 0. The Morgan fingerprint density at radius 3 is 2.83 bits per heavy atom. The molecule has 4 heteroatoms. The molecule has 0 bridgehead atoms. The van der Waals surface area contributed by atoms with Crippen LogP contribution in [0.15, 0.2) is 0 Å². The molecule has 4 nitrogen and oxygen atoms in total. The van der Waals surface area contributed by atoms with Gasteiger partial charge in [0, 0.05) is 19.8 Å². The van der Waals surface area contributed by atoms with E-state index in [-0.39, 0.29) is 24.9 Å².